The minimum atomic E-state index is 0.526. The second-order valence-corrected chi connectivity index (χ2v) is 4.59. The van der Waals surface area contributed by atoms with Crippen molar-refractivity contribution >= 4 is 0 Å². The number of nitrogens with one attached hydrogen (secondary N) is 1. The molecular weight excluding hydrogens is 208 g/mol. The van der Waals surface area contributed by atoms with Crippen molar-refractivity contribution in [2.75, 3.05) is 0 Å². The molecule has 2 aromatic rings. The first-order valence-corrected chi connectivity index (χ1v) is 6.17. The first-order chi connectivity index (χ1) is 8.27. The van der Waals surface area contributed by atoms with E-state index in [0.717, 1.165) is 13.1 Å². The van der Waals surface area contributed by atoms with Gasteiger partial charge < -0.3 is 9.88 Å². The van der Waals surface area contributed by atoms with Crippen LogP contribution in [0, 0.1) is 0 Å². The number of nitrogens with zero attached hydrogens (tertiary/aromatic N) is 1. The molecule has 0 fully saturated rings. The van der Waals surface area contributed by atoms with Crippen molar-refractivity contribution in [3.05, 3.63) is 59.9 Å². The van der Waals surface area contributed by atoms with E-state index in [4.69, 9.17) is 0 Å². The van der Waals surface area contributed by atoms with Gasteiger partial charge in [-0.05, 0) is 31.5 Å². The van der Waals surface area contributed by atoms with Crippen molar-refractivity contribution in [2.24, 2.45) is 0 Å². The fourth-order valence-corrected chi connectivity index (χ4v) is 2.01. The Bertz CT molecular complexity index is 443. The van der Waals surface area contributed by atoms with E-state index in [-0.39, 0.29) is 0 Å². The summed E-state index contributed by atoms with van der Waals surface area (Å²) in [5.41, 5.74) is 2.67. The Kier molecular flexibility index (Phi) is 3.99. The third-order valence-electron chi connectivity index (χ3n) is 2.90. The lowest BCUT2D eigenvalue weighted by molar-refractivity contribution is 0.552. The predicted octanol–water partition coefficient (Wildman–Crippen LogP) is 3.36. The molecule has 1 aromatic heterocycles. The number of rotatable bonds is 5. The zero-order chi connectivity index (χ0) is 12.1. The van der Waals surface area contributed by atoms with Gasteiger partial charge in [-0.2, -0.15) is 0 Å². The average molecular weight is 228 g/mol. The molecule has 0 unspecified atom stereocenters. The summed E-state index contributed by atoms with van der Waals surface area (Å²) in [6.07, 6.45) is 2.14. The Morgan fingerprint density at radius 3 is 2.47 bits per heavy atom. The van der Waals surface area contributed by atoms with Gasteiger partial charge in [0.1, 0.15) is 0 Å². The molecule has 0 spiro atoms. The molecule has 0 radical (unpaired) electrons. The fourth-order valence-electron chi connectivity index (χ4n) is 2.01. The molecule has 0 aliphatic carbocycles. The van der Waals surface area contributed by atoms with Gasteiger partial charge in [0, 0.05) is 31.0 Å². The van der Waals surface area contributed by atoms with E-state index in [1.54, 1.807) is 0 Å². The highest BCUT2D eigenvalue weighted by Gasteiger charge is 2.03. The van der Waals surface area contributed by atoms with Crippen LogP contribution in [0.4, 0.5) is 0 Å². The van der Waals surface area contributed by atoms with E-state index in [9.17, 15) is 0 Å². The quantitative estimate of drug-likeness (QED) is 0.830. The Morgan fingerprint density at radius 2 is 1.76 bits per heavy atom. The summed E-state index contributed by atoms with van der Waals surface area (Å²) < 4.78 is 2.30. The molecule has 2 nitrogen and oxygen atoms in total. The average Bonchev–Trinajstić information content (AvgIpc) is 2.79. The van der Waals surface area contributed by atoms with Crippen molar-refractivity contribution in [1.82, 2.24) is 9.88 Å². The maximum absolute atomic E-state index is 3.48. The summed E-state index contributed by atoms with van der Waals surface area (Å²) in [5, 5.41) is 3.48. The van der Waals surface area contributed by atoms with Crippen LogP contribution in [0.25, 0.3) is 0 Å². The highest BCUT2D eigenvalue weighted by atomic mass is 15.0. The lowest BCUT2D eigenvalue weighted by atomic mass is 10.2. The van der Waals surface area contributed by atoms with Gasteiger partial charge in [0.15, 0.2) is 0 Å². The smallest absolute Gasteiger partial charge is 0.0362 e. The normalized spacial score (nSPS) is 11.0. The monoisotopic (exact) mass is 228 g/mol. The van der Waals surface area contributed by atoms with Crippen LogP contribution < -0.4 is 5.32 Å². The summed E-state index contributed by atoms with van der Waals surface area (Å²) in [7, 11) is 0. The van der Waals surface area contributed by atoms with E-state index in [0.29, 0.717) is 6.04 Å². The number of benzene rings is 1. The largest absolute Gasteiger partial charge is 0.348 e. The summed E-state index contributed by atoms with van der Waals surface area (Å²) in [6, 6.07) is 15.3. The first kappa shape index (κ1) is 11.9. The van der Waals surface area contributed by atoms with Gasteiger partial charge >= 0.3 is 0 Å². The molecular formula is C15H20N2. The van der Waals surface area contributed by atoms with Crippen LogP contribution in [0.2, 0.25) is 0 Å². The van der Waals surface area contributed by atoms with E-state index >= 15 is 0 Å². The first-order valence-electron chi connectivity index (χ1n) is 6.17. The Morgan fingerprint density at radius 1 is 1.00 bits per heavy atom. The summed E-state index contributed by atoms with van der Waals surface area (Å²) in [5.74, 6) is 0. The van der Waals surface area contributed by atoms with Crippen LogP contribution in [0.1, 0.15) is 31.1 Å². The van der Waals surface area contributed by atoms with Gasteiger partial charge in [-0.25, -0.2) is 0 Å². The van der Waals surface area contributed by atoms with Gasteiger partial charge in [0.2, 0.25) is 0 Å². The minimum Gasteiger partial charge on any atom is -0.348 e. The van der Waals surface area contributed by atoms with Crippen LogP contribution in [0.5, 0.6) is 0 Å². The molecule has 0 saturated heterocycles. The molecule has 0 atom stereocenters. The molecule has 0 saturated carbocycles. The summed E-state index contributed by atoms with van der Waals surface area (Å²) >= 11 is 0. The van der Waals surface area contributed by atoms with E-state index in [2.05, 4.69) is 66.3 Å². The second-order valence-electron chi connectivity index (χ2n) is 4.59. The third-order valence-corrected chi connectivity index (χ3v) is 2.90. The van der Waals surface area contributed by atoms with Crippen molar-refractivity contribution in [2.45, 2.75) is 33.0 Å². The summed E-state index contributed by atoms with van der Waals surface area (Å²) in [4.78, 5) is 0. The molecule has 1 N–H and O–H groups in total. The number of hydrogen-bond acceptors (Lipinski definition) is 1. The highest BCUT2D eigenvalue weighted by molar-refractivity contribution is 5.14. The molecule has 90 valence electrons. The fraction of sp³-hybridized carbons (Fsp3) is 0.333. The molecule has 0 amide bonds. The SMILES string of the molecule is CC(C)n1cccc1CNCc1ccccc1. The van der Waals surface area contributed by atoms with Crippen molar-refractivity contribution in [1.29, 1.82) is 0 Å². The Balaban J connectivity index is 1.88. The molecule has 0 aliphatic heterocycles. The van der Waals surface area contributed by atoms with Gasteiger partial charge in [0.05, 0.1) is 0 Å². The maximum Gasteiger partial charge on any atom is 0.0362 e. The van der Waals surface area contributed by atoms with Crippen molar-refractivity contribution in [3.63, 3.8) is 0 Å². The molecule has 0 aliphatic rings. The van der Waals surface area contributed by atoms with Gasteiger partial charge in [-0.3, -0.25) is 0 Å². The second kappa shape index (κ2) is 5.69. The van der Waals surface area contributed by atoms with Crippen LogP contribution >= 0.6 is 0 Å². The number of aromatic nitrogens is 1. The van der Waals surface area contributed by atoms with E-state index < -0.39 is 0 Å². The molecule has 0 bridgehead atoms. The standard InChI is InChI=1S/C15H20N2/c1-13(2)17-10-6-9-15(17)12-16-11-14-7-4-3-5-8-14/h3-10,13,16H,11-12H2,1-2H3. The van der Waals surface area contributed by atoms with Gasteiger partial charge in [-0.1, -0.05) is 30.3 Å². The zero-order valence-electron chi connectivity index (χ0n) is 10.6. The van der Waals surface area contributed by atoms with Gasteiger partial charge in [-0.15, -0.1) is 0 Å². The molecule has 2 heteroatoms. The van der Waals surface area contributed by atoms with Crippen LogP contribution in [0.15, 0.2) is 48.7 Å². The van der Waals surface area contributed by atoms with E-state index in [1.807, 2.05) is 6.07 Å². The summed E-state index contributed by atoms with van der Waals surface area (Å²) in [6.45, 7) is 6.26. The third kappa shape index (κ3) is 3.21. The maximum atomic E-state index is 3.48. The molecule has 2 rings (SSSR count). The van der Waals surface area contributed by atoms with Crippen molar-refractivity contribution < 1.29 is 0 Å². The lowest BCUT2D eigenvalue weighted by Crippen LogP contribution is -2.16. The predicted molar refractivity (Wildman–Crippen MR) is 71.8 cm³/mol. The molecule has 1 heterocycles. The van der Waals surface area contributed by atoms with Gasteiger partial charge in [0.25, 0.3) is 0 Å². The minimum absolute atomic E-state index is 0.526. The Labute approximate surface area is 103 Å². The molecule has 1 aromatic carbocycles. The molecule has 17 heavy (non-hydrogen) atoms. The number of hydrogen-bond donors (Lipinski definition) is 1. The van der Waals surface area contributed by atoms with E-state index in [1.165, 1.54) is 11.3 Å². The van der Waals surface area contributed by atoms with Crippen LogP contribution in [-0.2, 0) is 13.1 Å². The highest BCUT2D eigenvalue weighted by Crippen LogP contribution is 2.10. The van der Waals surface area contributed by atoms with Crippen molar-refractivity contribution in [3.8, 4) is 0 Å². The zero-order valence-corrected chi connectivity index (χ0v) is 10.6. The topological polar surface area (TPSA) is 17.0 Å². The van der Waals surface area contributed by atoms with Crippen LogP contribution in [-0.4, -0.2) is 4.57 Å². The lowest BCUT2D eigenvalue weighted by Gasteiger charge is -2.13. The van der Waals surface area contributed by atoms with Crippen LogP contribution in [0.3, 0.4) is 0 Å². The Hall–Kier alpha value is -1.54.